The first kappa shape index (κ1) is 16.4. The quantitative estimate of drug-likeness (QED) is 0.807. The molecule has 10 heteroatoms. The number of carbonyl (C=O) groups is 1. The molecule has 0 saturated carbocycles. The van der Waals surface area contributed by atoms with Crippen molar-refractivity contribution in [3.05, 3.63) is 41.4 Å². The number of rotatable bonds is 6. The van der Waals surface area contributed by atoms with E-state index in [9.17, 15) is 13.2 Å². The molecule has 118 valence electrons. The lowest BCUT2D eigenvalue weighted by atomic mass is 10.2. The number of halogens is 1. The molecule has 2 N–H and O–H groups in total. The van der Waals surface area contributed by atoms with Gasteiger partial charge in [0.25, 0.3) is 0 Å². The standard InChI is InChI=1S/C12H13ClN4O4S/c1-8(5-17-7-14-6-15-17)16-22(20,21)11-3-2-9(12(18)19)4-10(11)13/h2-4,6-8,16H,5H2,1H3,(H,18,19). The predicted molar refractivity (Wildman–Crippen MR) is 78.2 cm³/mol. The second-order valence-corrected chi connectivity index (χ2v) is 6.68. The maximum Gasteiger partial charge on any atom is 0.335 e. The summed E-state index contributed by atoms with van der Waals surface area (Å²) in [7, 11) is -3.87. The molecule has 0 amide bonds. The Morgan fingerprint density at radius 3 is 2.77 bits per heavy atom. The molecule has 1 atom stereocenters. The third kappa shape index (κ3) is 3.81. The number of benzene rings is 1. The van der Waals surface area contributed by atoms with E-state index in [-0.39, 0.29) is 15.5 Å². The number of carboxylic acids is 1. The van der Waals surface area contributed by atoms with E-state index < -0.39 is 22.0 Å². The summed E-state index contributed by atoms with van der Waals surface area (Å²) in [5.74, 6) is -1.18. The Kier molecular flexibility index (Phi) is 4.79. The minimum Gasteiger partial charge on any atom is -0.478 e. The molecule has 0 spiro atoms. The first-order chi connectivity index (χ1) is 10.3. The molecule has 0 saturated heterocycles. The molecule has 2 aromatic rings. The van der Waals surface area contributed by atoms with Gasteiger partial charge in [0.2, 0.25) is 10.0 Å². The van der Waals surface area contributed by atoms with Gasteiger partial charge < -0.3 is 5.11 Å². The van der Waals surface area contributed by atoms with Gasteiger partial charge in [-0.05, 0) is 25.1 Å². The van der Waals surface area contributed by atoms with E-state index >= 15 is 0 Å². The summed E-state index contributed by atoms with van der Waals surface area (Å²) in [5, 5.41) is 12.6. The second-order valence-electron chi connectivity index (χ2n) is 4.59. The Balaban J connectivity index is 2.18. The van der Waals surface area contributed by atoms with Crippen molar-refractivity contribution in [2.45, 2.75) is 24.4 Å². The lowest BCUT2D eigenvalue weighted by Gasteiger charge is -2.15. The number of hydrogen-bond donors (Lipinski definition) is 2. The van der Waals surface area contributed by atoms with E-state index in [2.05, 4.69) is 14.8 Å². The van der Waals surface area contributed by atoms with Gasteiger partial charge >= 0.3 is 5.97 Å². The Morgan fingerprint density at radius 2 is 2.23 bits per heavy atom. The molecule has 2 rings (SSSR count). The molecule has 0 aliphatic heterocycles. The molecule has 0 fully saturated rings. The average molecular weight is 345 g/mol. The van der Waals surface area contributed by atoms with Crippen molar-refractivity contribution in [3.8, 4) is 0 Å². The average Bonchev–Trinajstić information content (AvgIpc) is 2.90. The number of hydrogen-bond acceptors (Lipinski definition) is 5. The number of sulfonamides is 1. The predicted octanol–water partition coefficient (Wildman–Crippen LogP) is 0.997. The summed E-state index contributed by atoms with van der Waals surface area (Å²) in [4.78, 5) is 14.4. The number of nitrogens with one attached hydrogen (secondary N) is 1. The van der Waals surface area contributed by atoms with E-state index in [0.29, 0.717) is 6.54 Å². The van der Waals surface area contributed by atoms with Crippen molar-refractivity contribution >= 4 is 27.6 Å². The first-order valence-electron chi connectivity index (χ1n) is 6.17. The maximum absolute atomic E-state index is 12.3. The first-order valence-corrected chi connectivity index (χ1v) is 8.03. The summed E-state index contributed by atoms with van der Waals surface area (Å²) in [5.41, 5.74) is -0.0837. The van der Waals surface area contributed by atoms with Gasteiger partial charge in [0.15, 0.2) is 0 Å². The molecule has 22 heavy (non-hydrogen) atoms. The zero-order valence-corrected chi connectivity index (χ0v) is 13.0. The Labute approximate surface area is 131 Å². The van der Waals surface area contributed by atoms with Crippen LogP contribution in [0.1, 0.15) is 17.3 Å². The summed E-state index contributed by atoms with van der Waals surface area (Å²) >= 11 is 5.87. The monoisotopic (exact) mass is 344 g/mol. The minimum atomic E-state index is -3.87. The molecule has 8 nitrogen and oxygen atoms in total. The summed E-state index contributed by atoms with van der Waals surface area (Å²) in [6.07, 6.45) is 2.82. The third-order valence-corrected chi connectivity index (χ3v) is 4.82. The van der Waals surface area contributed by atoms with Crippen LogP contribution in [-0.4, -0.2) is 40.3 Å². The van der Waals surface area contributed by atoms with Crippen LogP contribution in [0, 0.1) is 0 Å². The van der Waals surface area contributed by atoms with E-state index in [0.717, 1.165) is 12.1 Å². The van der Waals surface area contributed by atoms with E-state index in [1.807, 2.05) is 0 Å². The Bertz CT molecular complexity index is 776. The van der Waals surface area contributed by atoms with Crippen molar-refractivity contribution in [1.82, 2.24) is 19.5 Å². The van der Waals surface area contributed by atoms with Crippen LogP contribution in [0.3, 0.4) is 0 Å². The lowest BCUT2D eigenvalue weighted by molar-refractivity contribution is 0.0696. The fourth-order valence-electron chi connectivity index (χ4n) is 1.83. The molecule has 0 aliphatic carbocycles. The number of carboxylic acid groups (broad SMARTS) is 1. The molecule has 1 unspecified atom stereocenters. The van der Waals surface area contributed by atoms with Gasteiger partial charge in [-0.2, -0.15) is 5.10 Å². The van der Waals surface area contributed by atoms with Gasteiger partial charge in [0.05, 0.1) is 17.1 Å². The molecule has 0 bridgehead atoms. The molecular weight excluding hydrogens is 332 g/mol. The van der Waals surface area contributed by atoms with Gasteiger partial charge in [-0.15, -0.1) is 0 Å². The Morgan fingerprint density at radius 1 is 1.50 bits per heavy atom. The van der Waals surface area contributed by atoms with Gasteiger partial charge in [-0.25, -0.2) is 22.9 Å². The molecule has 1 aromatic carbocycles. The highest BCUT2D eigenvalue weighted by Crippen LogP contribution is 2.23. The van der Waals surface area contributed by atoms with Crippen LogP contribution in [-0.2, 0) is 16.6 Å². The van der Waals surface area contributed by atoms with Crippen LogP contribution < -0.4 is 4.72 Å². The van der Waals surface area contributed by atoms with Crippen molar-refractivity contribution < 1.29 is 18.3 Å². The summed E-state index contributed by atoms with van der Waals surface area (Å²) in [6, 6.07) is 2.99. The smallest absolute Gasteiger partial charge is 0.335 e. The summed E-state index contributed by atoms with van der Waals surface area (Å²) in [6.45, 7) is 1.96. The van der Waals surface area contributed by atoms with Crippen LogP contribution in [0.15, 0.2) is 35.7 Å². The zero-order valence-electron chi connectivity index (χ0n) is 11.5. The van der Waals surface area contributed by atoms with Gasteiger partial charge in [0, 0.05) is 6.04 Å². The molecule has 1 heterocycles. The maximum atomic E-state index is 12.3. The van der Waals surface area contributed by atoms with E-state index in [1.165, 1.54) is 23.4 Å². The SMILES string of the molecule is CC(Cn1cncn1)NS(=O)(=O)c1ccc(C(=O)O)cc1Cl. The van der Waals surface area contributed by atoms with Crippen LogP contribution in [0.25, 0.3) is 0 Å². The van der Waals surface area contributed by atoms with Crippen LogP contribution in [0.5, 0.6) is 0 Å². The van der Waals surface area contributed by atoms with Crippen molar-refractivity contribution in [2.24, 2.45) is 0 Å². The number of aromatic carboxylic acids is 1. The third-order valence-electron chi connectivity index (χ3n) is 2.75. The normalized spacial score (nSPS) is 13.0. The molecular formula is C12H13ClN4O4S. The topological polar surface area (TPSA) is 114 Å². The van der Waals surface area contributed by atoms with Crippen molar-refractivity contribution in [1.29, 1.82) is 0 Å². The van der Waals surface area contributed by atoms with Crippen molar-refractivity contribution in [3.63, 3.8) is 0 Å². The highest BCUT2D eigenvalue weighted by atomic mass is 35.5. The van der Waals surface area contributed by atoms with Crippen LogP contribution in [0.4, 0.5) is 0 Å². The summed E-state index contributed by atoms with van der Waals surface area (Å²) < 4.78 is 28.5. The fourth-order valence-corrected chi connectivity index (χ4v) is 3.60. The Hall–Kier alpha value is -1.97. The van der Waals surface area contributed by atoms with Gasteiger partial charge in [0.1, 0.15) is 17.6 Å². The van der Waals surface area contributed by atoms with Crippen LogP contribution in [0.2, 0.25) is 5.02 Å². The van der Waals surface area contributed by atoms with Crippen molar-refractivity contribution in [2.75, 3.05) is 0 Å². The van der Waals surface area contributed by atoms with E-state index in [1.54, 1.807) is 6.92 Å². The van der Waals surface area contributed by atoms with E-state index in [4.69, 9.17) is 16.7 Å². The highest BCUT2D eigenvalue weighted by Gasteiger charge is 2.21. The van der Waals surface area contributed by atoms with Gasteiger partial charge in [-0.1, -0.05) is 11.6 Å². The largest absolute Gasteiger partial charge is 0.478 e. The highest BCUT2D eigenvalue weighted by molar-refractivity contribution is 7.89. The lowest BCUT2D eigenvalue weighted by Crippen LogP contribution is -2.36. The fraction of sp³-hybridized carbons (Fsp3) is 0.250. The molecule has 0 radical (unpaired) electrons. The number of aromatic nitrogens is 3. The molecule has 0 aliphatic rings. The number of nitrogens with zero attached hydrogens (tertiary/aromatic N) is 3. The minimum absolute atomic E-state index is 0.0837. The van der Waals surface area contributed by atoms with Gasteiger partial charge in [-0.3, -0.25) is 4.68 Å². The molecule has 1 aromatic heterocycles. The second kappa shape index (κ2) is 6.42. The van der Waals surface area contributed by atoms with Crippen LogP contribution >= 0.6 is 11.6 Å². The zero-order chi connectivity index (χ0) is 16.3.